The van der Waals surface area contributed by atoms with E-state index in [1.807, 2.05) is 12.1 Å². The lowest BCUT2D eigenvalue weighted by molar-refractivity contribution is -0.118. The first kappa shape index (κ1) is 21.9. The van der Waals surface area contributed by atoms with E-state index < -0.39 is 6.04 Å². The number of aliphatic imine (C=N–C) groups is 1. The lowest BCUT2D eigenvalue weighted by Gasteiger charge is -2.41. The number of nitrogens with one attached hydrogen (secondary N) is 1. The Hall–Kier alpha value is -2.31. The third-order valence-electron chi connectivity index (χ3n) is 5.98. The van der Waals surface area contributed by atoms with E-state index in [4.69, 9.17) is 23.2 Å². The fourth-order valence-corrected chi connectivity index (χ4v) is 5.18. The van der Waals surface area contributed by atoms with Gasteiger partial charge < -0.3 is 15.1 Å². The minimum absolute atomic E-state index is 0.0193. The van der Waals surface area contributed by atoms with Gasteiger partial charge in [0.1, 0.15) is 0 Å². The number of amides is 2. The lowest BCUT2D eigenvalue weighted by Crippen LogP contribution is -2.54. The lowest BCUT2D eigenvalue weighted by atomic mass is 9.73. The number of hydrogen-bond acceptors (Lipinski definition) is 4. The normalized spacial score (nSPS) is 26.7. The summed E-state index contributed by atoms with van der Waals surface area (Å²) in [5.74, 6) is 0.0193. The molecule has 0 bridgehead atoms. The number of nitrogens with zero attached hydrogens (tertiary/aromatic N) is 3. The van der Waals surface area contributed by atoms with Crippen molar-refractivity contribution in [2.75, 3.05) is 14.1 Å². The molecule has 1 N–H and O–H groups in total. The van der Waals surface area contributed by atoms with E-state index in [1.165, 1.54) is 4.90 Å². The summed E-state index contributed by atoms with van der Waals surface area (Å²) in [7, 11) is 3.41. The Morgan fingerprint density at radius 3 is 2.68 bits per heavy atom. The molecule has 2 aliphatic heterocycles. The van der Waals surface area contributed by atoms with Crippen LogP contribution in [0.25, 0.3) is 0 Å². The molecule has 0 aromatic heterocycles. The summed E-state index contributed by atoms with van der Waals surface area (Å²) in [6.07, 6.45) is 6.47. The molecule has 0 spiro atoms. The van der Waals surface area contributed by atoms with Crippen LogP contribution in [0.4, 0.5) is 4.79 Å². The summed E-state index contributed by atoms with van der Waals surface area (Å²) in [4.78, 5) is 34.6. The minimum Gasteiger partial charge on any atom is -0.378 e. The zero-order valence-electron chi connectivity index (χ0n) is 18.0. The Morgan fingerprint density at radius 1 is 1.26 bits per heavy atom. The number of urea groups is 1. The zero-order valence-corrected chi connectivity index (χ0v) is 19.5. The van der Waals surface area contributed by atoms with Crippen molar-refractivity contribution in [2.24, 2.45) is 10.4 Å². The van der Waals surface area contributed by atoms with E-state index in [0.29, 0.717) is 34.0 Å². The second-order valence-corrected chi connectivity index (χ2v) is 10.1. The number of hydrogen-bond donors (Lipinski definition) is 1. The average Bonchev–Trinajstić information content (AvgIpc) is 2.80. The van der Waals surface area contributed by atoms with Crippen molar-refractivity contribution in [3.63, 3.8) is 0 Å². The first-order valence-electron chi connectivity index (χ1n) is 10.3. The largest absolute Gasteiger partial charge is 0.378 e. The second-order valence-electron chi connectivity index (χ2n) is 9.29. The third-order valence-corrected chi connectivity index (χ3v) is 6.54. The van der Waals surface area contributed by atoms with Gasteiger partial charge in [-0.05, 0) is 35.6 Å². The number of Topliss-reactive ketones (excluding diaryl/α,β-unsaturated/α-hetero) is 1. The van der Waals surface area contributed by atoms with Crippen molar-refractivity contribution in [1.82, 2.24) is 15.1 Å². The maximum atomic E-state index is 13.5. The van der Waals surface area contributed by atoms with E-state index in [2.05, 4.69) is 24.2 Å². The maximum absolute atomic E-state index is 13.5. The van der Waals surface area contributed by atoms with Gasteiger partial charge in [0.25, 0.3) is 0 Å². The van der Waals surface area contributed by atoms with Gasteiger partial charge >= 0.3 is 6.03 Å². The number of fused-ring (bicyclic) bond motifs is 1. The van der Waals surface area contributed by atoms with E-state index in [-0.39, 0.29) is 29.3 Å². The molecule has 6 nitrogen and oxygen atoms in total. The van der Waals surface area contributed by atoms with Gasteiger partial charge in [0.05, 0.1) is 18.1 Å². The van der Waals surface area contributed by atoms with Crippen LogP contribution in [0.2, 0.25) is 10.0 Å². The molecule has 1 aromatic carbocycles. The Morgan fingerprint density at radius 2 is 2.00 bits per heavy atom. The molecule has 8 heteroatoms. The highest BCUT2D eigenvalue weighted by atomic mass is 35.5. The van der Waals surface area contributed by atoms with Gasteiger partial charge in [-0.1, -0.05) is 43.1 Å². The standard InChI is InChI=1S/C23H26Cl2N4O2/c1-23(2)10-16-20(19(30)11-23)21(14-6-5-13(24)9-15(14)25)29(22(31)28(3)4)18-7-8-26-12-17(18)27-16/h5-9,12,17-18,21,27H,10-11H2,1-4H3. The van der Waals surface area contributed by atoms with Gasteiger partial charge in [0.2, 0.25) is 0 Å². The van der Waals surface area contributed by atoms with Gasteiger partial charge in [-0.25, -0.2) is 4.79 Å². The molecular formula is C23H26Cl2N4O2. The third kappa shape index (κ3) is 3.99. The number of rotatable bonds is 1. The van der Waals surface area contributed by atoms with Gasteiger partial charge in [-0.15, -0.1) is 0 Å². The Bertz CT molecular complexity index is 1030. The SMILES string of the molecule is CN(C)C(=O)N1C(c2ccc(Cl)cc2Cl)C2=C(CC(C)(C)CC2=O)NC2C=NC=CC21. The molecule has 164 valence electrons. The van der Waals surface area contributed by atoms with Gasteiger partial charge in [-0.2, -0.15) is 0 Å². The molecule has 4 rings (SSSR count). The number of carbonyl (C=O) groups excluding carboxylic acids is 2. The number of allylic oxidation sites excluding steroid dienone is 1. The molecule has 2 amide bonds. The number of benzene rings is 1. The molecule has 31 heavy (non-hydrogen) atoms. The molecule has 0 radical (unpaired) electrons. The first-order chi connectivity index (χ1) is 14.6. The van der Waals surface area contributed by atoms with Crippen LogP contribution in [0.1, 0.15) is 38.3 Å². The number of ketones is 1. The molecule has 0 saturated carbocycles. The van der Waals surface area contributed by atoms with Crippen molar-refractivity contribution >= 4 is 41.2 Å². The predicted octanol–water partition coefficient (Wildman–Crippen LogP) is 4.60. The van der Waals surface area contributed by atoms with E-state index in [1.54, 1.807) is 43.5 Å². The number of carbonyl (C=O) groups is 2. The quantitative estimate of drug-likeness (QED) is 0.665. The first-order valence-corrected chi connectivity index (χ1v) is 11.0. The molecule has 2 heterocycles. The summed E-state index contributed by atoms with van der Waals surface area (Å²) in [5.41, 5.74) is 1.94. The summed E-state index contributed by atoms with van der Waals surface area (Å²) >= 11 is 12.8. The van der Waals surface area contributed by atoms with Crippen molar-refractivity contribution in [3.05, 3.63) is 57.4 Å². The molecule has 3 atom stereocenters. The van der Waals surface area contributed by atoms with Crippen molar-refractivity contribution in [3.8, 4) is 0 Å². The summed E-state index contributed by atoms with van der Waals surface area (Å²) in [6.45, 7) is 4.17. The Balaban J connectivity index is 1.99. The number of halogens is 2. The van der Waals surface area contributed by atoms with Crippen LogP contribution in [0, 0.1) is 5.41 Å². The van der Waals surface area contributed by atoms with Crippen LogP contribution in [0.5, 0.6) is 0 Å². The fourth-order valence-electron chi connectivity index (χ4n) is 4.67. The molecule has 0 fully saturated rings. The Labute approximate surface area is 192 Å². The minimum atomic E-state index is -0.642. The van der Waals surface area contributed by atoms with Crippen LogP contribution in [-0.4, -0.2) is 54.0 Å². The van der Waals surface area contributed by atoms with E-state index in [0.717, 1.165) is 5.70 Å². The molecule has 1 aliphatic carbocycles. The van der Waals surface area contributed by atoms with Crippen molar-refractivity contribution in [2.45, 2.75) is 44.8 Å². The molecule has 0 saturated heterocycles. The highest BCUT2D eigenvalue weighted by molar-refractivity contribution is 6.35. The fraction of sp³-hybridized carbons (Fsp3) is 0.435. The second kappa shape index (κ2) is 7.99. The molecular weight excluding hydrogens is 435 g/mol. The van der Waals surface area contributed by atoms with Crippen LogP contribution in [-0.2, 0) is 4.79 Å². The predicted molar refractivity (Wildman–Crippen MR) is 124 cm³/mol. The molecule has 3 aliphatic rings. The van der Waals surface area contributed by atoms with Crippen LogP contribution in [0.15, 0.2) is 46.7 Å². The van der Waals surface area contributed by atoms with Crippen LogP contribution < -0.4 is 5.32 Å². The van der Waals surface area contributed by atoms with E-state index >= 15 is 0 Å². The van der Waals surface area contributed by atoms with Gasteiger partial charge in [0.15, 0.2) is 5.78 Å². The van der Waals surface area contributed by atoms with Gasteiger partial charge in [0, 0.05) is 54.2 Å². The summed E-state index contributed by atoms with van der Waals surface area (Å²) in [6, 6.07) is 3.76. The zero-order chi connectivity index (χ0) is 22.5. The summed E-state index contributed by atoms with van der Waals surface area (Å²) in [5, 5.41) is 4.46. The van der Waals surface area contributed by atoms with Crippen LogP contribution >= 0.6 is 23.2 Å². The molecule has 3 unspecified atom stereocenters. The van der Waals surface area contributed by atoms with Crippen molar-refractivity contribution in [1.29, 1.82) is 0 Å². The summed E-state index contributed by atoms with van der Waals surface area (Å²) < 4.78 is 0. The Kier molecular flexibility index (Phi) is 5.64. The monoisotopic (exact) mass is 460 g/mol. The smallest absolute Gasteiger partial charge is 0.320 e. The highest BCUT2D eigenvalue weighted by Crippen LogP contribution is 2.46. The van der Waals surface area contributed by atoms with E-state index in [9.17, 15) is 9.59 Å². The topological polar surface area (TPSA) is 65.0 Å². The van der Waals surface area contributed by atoms with Crippen LogP contribution in [0.3, 0.4) is 0 Å². The maximum Gasteiger partial charge on any atom is 0.320 e. The highest BCUT2D eigenvalue weighted by Gasteiger charge is 2.47. The average molecular weight is 461 g/mol. The van der Waals surface area contributed by atoms with Crippen molar-refractivity contribution < 1.29 is 9.59 Å². The van der Waals surface area contributed by atoms with Gasteiger partial charge in [-0.3, -0.25) is 9.79 Å². The molecule has 1 aromatic rings.